The molecular weight excluding hydrogens is 440 g/mol. The van der Waals surface area contributed by atoms with Crippen LogP contribution in [-0.2, 0) is 4.79 Å². The van der Waals surface area contributed by atoms with Crippen LogP contribution in [0.25, 0.3) is 55.6 Å². The molecule has 0 atom stereocenters. The Bertz CT molecular complexity index is 1680. The van der Waals surface area contributed by atoms with Crippen molar-refractivity contribution in [2.45, 2.75) is 13.8 Å². The number of carbonyl (C=O) groups excluding carboxylic acids is 1. The molecule has 0 saturated heterocycles. The van der Waals surface area contributed by atoms with E-state index in [1.165, 1.54) is 0 Å². The van der Waals surface area contributed by atoms with E-state index < -0.39 is 0 Å². The number of fused-ring (bicyclic) bond motifs is 2. The maximum absolute atomic E-state index is 12.1. The largest absolute Gasteiger partial charge is 0.472 e. The summed E-state index contributed by atoms with van der Waals surface area (Å²) in [7, 11) is 0. The zero-order valence-electron chi connectivity index (χ0n) is 19.2. The quantitative estimate of drug-likeness (QED) is 0.290. The monoisotopic (exact) mass is 462 g/mol. The van der Waals surface area contributed by atoms with Crippen LogP contribution < -0.4 is 5.32 Å². The van der Waals surface area contributed by atoms with Gasteiger partial charge < -0.3 is 14.7 Å². The van der Waals surface area contributed by atoms with Gasteiger partial charge in [-0.2, -0.15) is 5.10 Å². The van der Waals surface area contributed by atoms with E-state index in [9.17, 15) is 4.79 Å². The fraction of sp³-hybridized carbons (Fsp3) is 0.111. The Morgan fingerprint density at radius 3 is 2.74 bits per heavy atom. The minimum absolute atomic E-state index is 0.0176. The number of nitrogens with one attached hydrogen (secondary N) is 3. The van der Waals surface area contributed by atoms with E-state index in [1.54, 1.807) is 18.7 Å². The summed E-state index contributed by atoms with van der Waals surface area (Å²) in [6.45, 7) is 3.74. The third-order valence-electron chi connectivity index (χ3n) is 6.04. The van der Waals surface area contributed by atoms with Gasteiger partial charge in [-0.15, -0.1) is 0 Å². The predicted molar refractivity (Wildman–Crippen MR) is 136 cm³/mol. The van der Waals surface area contributed by atoms with Crippen molar-refractivity contribution in [3.8, 4) is 33.6 Å². The van der Waals surface area contributed by atoms with E-state index >= 15 is 0 Å². The van der Waals surface area contributed by atoms with E-state index in [1.807, 2.05) is 56.6 Å². The Morgan fingerprint density at radius 2 is 1.91 bits per heavy atom. The maximum Gasteiger partial charge on any atom is 0.226 e. The molecule has 5 aromatic heterocycles. The fourth-order valence-electron chi connectivity index (χ4n) is 4.16. The molecule has 8 heteroatoms. The Hall–Kier alpha value is -4.72. The van der Waals surface area contributed by atoms with Crippen LogP contribution in [0.5, 0.6) is 0 Å². The van der Waals surface area contributed by atoms with Gasteiger partial charge in [-0.1, -0.05) is 26.0 Å². The van der Waals surface area contributed by atoms with Gasteiger partial charge in [0.2, 0.25) is 5.91 Å². The minimum Gasteiger partial charge on any atom is -0.472 e. The second-order valence-electron chi connectivity index (χ2n) is 8.76. The first-order valence-corrected chi connectivity index (χ1v) is 11.3. The molecule has 8 nitrogen and oxygen atoms in total. The lowest BCUT2D eigenvalue weighted by Crippen LogP contribution is -2.17. The van der Waals surface area contributed by atoms with E-state index in [0.717, 1.165) is 55.6 Å². The number of nitrogens with zero attached hydrogens (tertiary/aromatic N) is 3. The molecule has 0 saturated carbocycles. The van der Waals surface area contributed by atoms with Crippen molar-refractivity contribution in [3.63, 3.8) is 0 Å². The molecule has 0 aliphatic carbocycles. The molecule has 0 radical (unpaired) electrons. The summed E-state index contributed by atoms with van der Waals surface area (Å²) in [5, 5.41) is 12.4. The molecule has 1 aromatic carbocycles. The third kappa shape index (κ3) is 3.74. The number of hydrogen-bond donors (Lipinski definition) is 3. The highest BCUT2D eigenvalue weighted by molar-refractivity contribution is 6.00. The number of aromatic amines is 2. The summed E-state index contributed by atoms with van der Waals surface area (Å²) in [5.74, 6) is -0.110. The zero-order valence-corrected chi connectivity index (χ0v) is 19.2. The average molecular weight is 463 g/mol. The molecule has 0 bridgehead atoms. The lowest BCUT2D eigenvalue weighted by molar-refractivity contribution is -0.118. The van der Waals surface area contributed by atoms with Crippen molar-refractivity contribution in [3.05, 3.63) is 73.6 Å². The molecule has 6 rings (SSSR count). The Labute approximate surface area is 200 Å². The molecule has 172 valence electrons. The van der Waals surface area contributed by atoms with Gasteiger partial charge in [0.15, 0.2) is 5.65 Å². The predicted octanol–water partition coefficient (Wildman–Crippen LogP) is 6.02. The fourth-order valence-corrected chi connectivity index (χ4v) is 4.16. The van der Waals surface area contributed by atoms with Crippen molar-refractivity contribution in [2.75, 3.05) is 5.32 Å². The van der Waals surface area contributed by atoms with Crippen molar-refractivity contribution in [2.24, 2.45) is 5.92 Å². The highest BCUT2D eigenvalue weighted by Crippen LogP contribution is 2.34. The molecule has 0 fully saturated rings. The number of carbonyl (C=O) groups is 1. The first-order valence-electron chi connectivity index (χ1n) is 11.3. The van der Waals surface area contributed by atoms with Crippen LogP contribution in [-0.4, -0.2) is 31.1 Å². The van der Waals surface area contributed by atoms with Crippen LogP contribution in [0.3, 0.4) is 0 Å². The van der Waals surface area contributed by atoms with E-state index in [2.05, 4.69) is 42.6 Å². The van der Waals surface area contributed by atoms with Gasteiger partial charge in [0.1, 0.15) is 0 Å². The number of amides is 1. The van der Waals surface area contributed by atoms with Gasteiger partial charge in [-0.05, 0) is 35.9 Å². The zero-order chi connectivity index (χ0) is 23.9. The first kappa shape index (κ1) is 20.9. The summed E-state index contributed by atoms with van der Waals surface area (Å²) < 4.78 is 5.27. The first-order chi connectivity index (χ1) is 17.1. The number of pyridine rings is 2. The smallest absolute Gasteiger partial charge is 0.226 e. The standard InChI is InChI=1S/C27H22N6O2/c1-15(2)27(34)30-19-5-3-4-16(8-19)18-9-21-25(32-33-26(21)29-11-18)23-10-20-22(17-6-7-35-14-17)12-28-13-24(20)31-23/h3-15,31H,1-2H3,(H,30,34)(H,29,32,33). The second-order valence-corrected chi connectivity index (χ2v) is 8.76. The molecule has 35 heavy (non-hydrogen) atoms. The van der Waals surface area contributed by atoms with E-state index in [-0.39, 0.29) is 11.8 Å². The molecule has 6 aromatic rings. The van der Waals surface area contributed by atoms with Gasteiger partial charge in [0.05, 0.1) is 35.6 Å². The number of furan rings is 1. The number of anilines is 1. The third-order valence-corrected chi connectivity index (χ3v) is 6.04. The van der Waals surface area contributed by atoms with Crippen LogP contribution in [0.15, 0.2) is 78.0 Å². The molecule has 0 aliphatic rings. The second kappa shape index (κ2) is 8.25. The molecule has 0 spiro atoms. The van der Waals surface area contributed by atoms with E-state index in [4.69, 9.17) is 4.42 Å². The van der Waals surface area contributed by atoms with Gasteiger partial charge >= 0.3 is 0 Å². The van der Waals surface area contributed by atoms with Crippen LogP contribution in [0.1, 0.15) is 13.8 Å². The lowest BCUT2D eigenvalue weighted by Gasteiger charge is -2.09. The average Bonchev–Trinajstić information content (AvgIpc) is 3.62. The molecule has 0 unspecified atom stereocenters. The van der Waals surface area contributed by atoms with Crippen LogP contribution >= 0.6 is 0 Å². The van der Waals surface area contributed by atoms with Gasteiger partial charge in [-0.25, -0.2) is 4.98 Å². The highest BCUT2D eigenvalue weighted by atomic mass is 16.3. The van der Waals surface area contributed by atoms with Crippen LogP contribution in [0.2, 0.25) is 0 Å². The molecular formula is C27H22N6O2. The SMILES string of the molecule is CC(C)C(=O)Nc1cccc(-c2cnc3n[nH]c(-c4cc5c(-c6ccoc6)cncc5[nH]4)c3c2)c1. The van der Waals surface area contributed by atoms with Crippen LogP contribution in [0.4, 0.5) is 5.69 Å². The molecule has 1 amide bonds. The lowest BCUT2D eigenvalue weighted by atomic mass is 10.0. The maximum atomic E-state index is 12.1. The summed E-state index contributed by atoms with van der Waals surface area (Å²) in [4.78, 5) is 24.5. The molecule has 5 heterocycles. The number of hydrogen-bond acceptors (Lipinski definition) is 5. The normalized spacial score (nSPS) is 11.5. The Kier molecular flexibility index (Phi) is 4.92. The summed E-state index contributed by atoms with van der Waals surface area (Å²) in [6.07, 6.45) is 8.80. The topological polar surface area (TPSA) is 112 Å². The number of aromatic nitrogens is 5. The molecule has 3 N–H and O–H groups in total. The Balaban J connectivity index is 1.41. The van der Waals surface area contributed by atoms with Crippen molar-refractivity contribution in [1.29, 1.82) is 0 Å². The van der Waals surface area contributed by atoms with Crippen molar-refractivity contribution in [1.82, 2.24) is 25.1 Å². The minimum atomic E-state index is -0.0919. The van der Waals surface area contributed by atoms with Gasteiger partial charge in [0.25, 0.3) is 0 Å². The van der Waals surface area contributed by atoms with Gasteiger partial charge in [0, 0.05) is 51.5 Å². The summed E-state index contributed by atoms with van der Waals surface area (Å²) >= 11 is 0. The summed E-state index contributed by atoms with van der Waals surface area (Å²) in [5.41, 5.74) is 7.86. The number of benzene rings is 1. The molecule has 0 aliphatic heterocycles. The number of rotatable bonds is 5. The van der Waals surface area contributed by atoms with Crippen molar-refractivity contribution >= 4 is 33.5 Å². The van der Waals surface area contributed by atoms with Crippen molar-refractivity contribution < 1.29 is 9.21 Å². The highest BCUT2D eigenvalue weighted by Gasteiger charge is 2.15. The number of H-pyrrole nitrogens is 2. The van der Waals surface area contributed by atoms with E-state index in [0.29, 0.717) is 5.65 Å². The van der Waals surface area contributed by atoms with Gasteiger partial charge in [-0.3, -0.25) is 14.9 Å². The summed E-state index contributed by atoms with van der Waals surface area (Å²) in [6, 6.07) is 13.8. The Morgan fingerprint density at radius 1 is 1.00 bits per heavy atom. The van der Waals surface area contributed by atoms with Crippen LogP contribution in [0, 0.1) is 5.92 Å².